The monoisotopic (exact) mass is 327 g/mol. The van der Waals surface area contributed by atoms with Gasteiger partial charge >= 0.3 is 5.97 Å². The predicted octanol–water partition coefficient (Wildman–Crippen LogP) is 1.70. The maximum absolute atomic E-state index is 12.2. The maximum atomic E-state index is 12.2. The Kier molecular flexibility index (Phi) is 3.22. The van der Waals surface area contributed by atoms with Gasteiger partial charge in [-0.2, -0.15) is 0 Å². The molecule has 7 heteroatoms. The van der Waals surface area contributed by atoms with E-state index in [-0.39, 0.29) is 11.6 Å². The smallest absolute Gasteiger partial charge is 0.311 e. The van der Waals surface area contributed by atoms with Crippen molar-refractivity contribution in [2.75, 3.05) is 6.61 Å². The third-order valence-corrected chi connectivity index (χ3v) is 4.78. The Labute approximate surface area is 130 Å². The molecule has 1 aliphatic carbocycles. The van der Waals surface area contributed by atoms with Crippen LogP contribution in [0.1, 0.15) is 12.5 Å². The summed E-state index contributed by atoms with van der Waals surface area (Å²) in [5.41, 5.74) is -0.708. The van der Waals surface area contributed by atoms with Crippen molar-refractivity contribution in [3.05, 3.63) is 33.8 Å². The van der Waals surface area contributed by atoms with Gasteiger partial charge in [-0.1, -0.05) is 29.3 Å². The van der Waals surface area contributed by atoms with Gasteiger partial charge in [-0.25, -0.2) is 0 Å². The number of amides is 2. The number of halogens is 2. The molecule has 2 amide bonds. The Hall–Kier alpha value is -1.59. The van der Waals surface area contributed by atoms with E-state index < -0.39 is 35.0 Å². The largest absolute Gasteiger partial charge is 0.466 e. The first-order valence-corrected chi connectivity index (χ1v) is 7.17. The van der Waals surface area contributed by atoms with E-state index in [4.69, 9.17) is 27.9 Å². The molecule has 1 heterocycles. The molecule has 3 rings (SSSR count). The molecule has 5 nitrogen and oxygen atoms in total. The van der Waals surface area contributed by atoms with Crippen molar-refractivity contribution in [1.82, 2.24) is 5.32 Å². The van der Waals surface area contributed by atoms with Crippen molar-refractivity contribution in [2.24, 2.45) is 11.8 Å². The Bertz CT molecular complexity index is 675. The van der Waals surface area contributed by atoms with Gasteiger partial charge in [-0.3, -0.25) is 19.7 Å². The summed E-state index contributed by atoms with van der Waals surface area (Å²) in [6, 6.07) is 4.68. The molecule has 1 aliphatic heterocycles. The van der Waals surface area contributed by atoms with Crippen LogP contribution >= 0.6 is 23.2 Å². The quantitative estimate of drug-likeness (QED) is 0.677. The molecule has 0 bridgehead atoms. The molecule has 1 saturated carbocycles. The Morgan fingerprint density at radius 1 is 1.33 bits per heavy atom. The van der Waals surface area contributed by atoms with Gasteiger partial charge < -0.3 is 4.74 Å². The highest BCUT2D eigenvalue weighted by Crippen LogP contribution is 2.63. The zero-order chi connectivity index (χ0) is 15.4. The first-order valence-electron chi connectivity index (χ1n) is 6.42. The molecule has 1 N–H and O–H groups in total. The number of imide groups is 1. The van der Waals surface area contributed by atoms with Gasteiger partial charge in [0.15, 0.2) is 0 Å². The summed E-state index contributed by atoms with van der Waals surface area (Å²) in [7, 11) is 0. The number of benzene rings is 1. The third kappa shape index (κ3) is 1.80. The van der Waals surface area contributed by atoms with Crippen LogP contribution in [0.15, 0.2) is 18.2 Å². The van der Waals surface area contributed by atoms with Gasteiger partial charge in [0.05, 0.1) is 28.5 Å². The minimum atomic E-state index is -1.21. The fourth-order valence-electron chi connectivity index (χ4n) is 3.12. The Morgan fingerprint density at radius 2 is 2.05 bits per heavy atom. The van der Waals surface area contributed by atoms with Crippen molar-refractivity contribution >= 4 is 41.0 Å². The molecule has 0 spiro atoms. The zero-order valence-corrected chi connectivity index (χ0v) is 12.5. The molecule has 1 aromatic rings. The van der Waals surface area contributed by atoms with Gasteiger partial charge in [-0.15, -0.1) is 0 Å². The van der Waals surface area contributed by atoms with Crippen molar-refractivity contribution in [3.8, 4) is 0 Å². The SMILES string of the molecule is CCOC(=O)C1[C@@H]2C(=O)NC(=O)[C@]12c1ccc(Cl)c(Cl)c1. The van der Waals surface area contributed by atoms with Crippen LogP contribution in [0.4, 0.5) is 0 Å². The van der Waals surface area contributed by atoms with E-state index in [9.17, 15) is 14.4 Å². The lowest BCUT2D eigenvalue weighted by Crippen LogP contribution is -2.36. The number of hydrogen-bond acceptors (Lipinski definition) is 4. The molecule has 110 valence electrons. The number of esters is 1. The van der Waals surface area contributed by atoms with Crippen LogP contribution in [0.2, 0.25) is 10.0 Å². The van der Waals surface area contributed by atoms with E-state index >= 15 is 0 Å². The number of carbonyl (C=O) groups excluding carboxylic acids is 3. The maximum Gasteiger partial charge on any atom is 0.311 e. The van der Waals surface area contributed by atoms with E-state index in [1.54, 1.807) is 19.1 Å². The number of ether oxygens (including phenoxy) is 1. The molecule has 2 fully saturated rings. The van der Waals surface area contributed by atoms with E-state index in [1.807, 2.05) is 0 Å². The van der Waals surface area contributed by atoms with Gasteiger partial charge in [0.2, 0.25) is 11.8 Å². The summed E-state index contributed by atoms with van der Waals surface area (Å²) in [6.45, 7) is 1.86. The summed E-state index contributed by atoms with van der Waals surface area (Å²) in [5.74, 6) is -3.02. The third-order valence-electron chi connectivity index (χ3n) is 4.04. The second-order valence-electron chi connectivity index (χ2n) is 5.02. The van der Waals surface area contributed by atoms with Crippen molar-refractivity contribution in [2.45, 2.75) is 12.3 Å². The molecular formula is C14H11Cl2NO4. The second-order valence-corrected chi connectivity index (χ2v) is 5.84. The lowest BCUT2D eigenvalue weighted by molar-refractivity contribution is -0.148. The highest BCUT2D eigenvalue weighted by molar-refractivity contribution is 6.42. The first-order chi connectivity index (χ1) is 9.94. The summed E-state index contributed by atoms with van der Waals surface area (Å²) < 4.78 is 4.97. The summed E-state index contributed by atoms with van der Waals surface area (Å²) >= 11 is 11.8. The van der Waals surface area contributed by atoms with Crippen molar-refractivity contribution < 1.29 is 19.1 Å². The topological polar surface area (TPSA) is 72.5 Å². The average molecular weight is 328 g/mol. The number of fused-ring (bicyclic) bond motifs is 1. The molecule has 0 aromatic heterocycles. The summed E-state index contributed by atoms with van der Waals surface area (Å²) in [6.07, 6.45) is 0. The van der Waals surface area contributed by atoms with Crippen molar-refractivity contribution in [3.63, 3.8) is 0 Å². The molecule has 1 saturated heterocycles. The molecule has 3 atom stereocenters. The van der Waals surface area contributed by atoms with Crippen LogP contribution in [0.3, 0.4) is 0 Å². The fourth-order valence-corrected chi connectivity index (χ4v) is 3.42. The predicted molar refractivity (Wildman–Crippen MR) is 74.9 cm³/mol. The lowest BCUT2D eigenvalue weighted by Gasteiger charge is -2.14. The lowest BCUT2D eigenvalue weighted by atomic mass is 9.92. The Balaban J connectivity index is 2.07. The number of nitrogens with one attached hydrogen (secondary N) is 1. The number of piperidine rings is 1. The number of hydrogen-bond donors (Lipinski definition) is 1. The van der Waals surface area contributed by atoms with Crippen LogP contribution in [0.5, 0.6) is 0 Å². The van der Waals surface area contributed by atoms with E-state index in [0.29, 0.717) is 10.6 Å². The van der Waals surface area contributed by atoms with E-state index in [2.05, 4.69) is 5.32 Å². The van der Waals surface area contributed by atoms with Gasteiger partial charge in [-0.05, 0) is 24.6 Å². The highest BCUT2D eigenvalue weighted by atomic mass is 35.5. The van der Waals surface area contributed by atoms with Crippen LogP contribution in [-0.2, 0) is 24.5 Å². The standard InChI is InChI=1S/C14H11Cl2NO4/c1-2-21-12(19)10-9-11(18)17-13(20)14(9,10)6-3-4-7(15)8(16)5-6/h3-5,9-10H,2H2,1H3,(H,17,18,20)/t9-,10?,14+/m1/s1. The minimum Gasteiger partial charge on any atom is -0.466 e. The average Bonchev–Trinajstić information content (AvgIpc) is 3.06. The van der Waals surface area contributed by atoms with E-state index in [1.165, 1.54) is 6.07 Å². The van der Waals surface area contributed by atoms with Crippen LogP contribution < -0.4 is 5.32 Å². The number of carbonyl (C=O) groups is 3. The van der Waals surface area contributed by atoms with Gasteiger partial charge in [0.1, 0.15) is 5.41 Å². The summed E-state index contributed by atoms with van der Waals surface area (Å²) in [4.78, 5) is 36.2. The van der Waals surface area contributed by atoms with Gasteiger partial charge in [0, 0.05) is 0 Å². The minimum absolute atomic E-state index is 0.190. The molecule has 0 radical (unpaired) electrons. The molecule has 2 aliphatic rings. The molecule has 21 heavy (non-hydrogen) atoms. The van der Waals surface area contributed by atoms with Crippen LogP contribution in [0.25, 0.3) is 0 Å². The number of rotatable bonds is 3. The van der Waals surface area contributed by atoms with Gasteiger partial charge in [0.25, 0.3) is 0 Å². The van der Waals surface area contributed by atoms with E-state index in [0.717, 1.165) is 0 Å². The normalized spacial score (nSPS) is 29.9. The highest BCUT2D eigenvalue weighted by Gasteiger charge is 2.81. The molecular weight excluding hydrogens is 317 g/mol. The Morgan fingerprint density at radius 3 is 2.67 bits per heavy atom. The fraction of sp³-hybridized carbons (Fsp3) is 0.357. The zero-order valence-electron chi connectivity index (χ0n) is 11.0. The summed E-state index contributed by atoms with van der Waals surface area (Å²) in [5, 5.41) is 2.86. The molecule has 1 aromatic carbocycles. The van der Waals surface area contributed by atoms with Crippen molar-refractivity contribution in [1.29, 1.82) is 0 Å². The second kappa shape index (κ2) is 4.71. The van der Waals surface area contributed by atoms with Crippen LogP contribution in [0, 0.1) is 11.8 Å². The van der Waals surface area contributed by atoms with Crippen LogP contribution in [-0.4, -0.2) is 24.4 Å². The molecule has 1 unspecified atom stereocenters. The first kappa shape index (κ1) is 14.4.